The van der Waals surface area contributed by atoms with Crippen molar-refractivity contribution >= 4 is 41.5 Å². The summed E-state index contributed by atoms with van der Waals surface area (Å²) < 4.78 is 5.88. The number of rotatable bonds is 6. The maximum absolute atomic E-state index is 5.89. The largest absolute Gasteiger partial charge is 0.489 e. The normalized spacial score (nSPS) is 26.0. The van der Waals surface area contributed by atoms with Crippen LogP contribution in [0.25, 0.3) is 0 Å². The molecule has 0 saturated carbocycles. The van der Waals surface area contributed by atoms with E-state index in [-0.39, 0.29) is 30.1 Å². The highest BCUT2D eigenvalue weighted by molar-refractivity contribution is 14.0. The summed E-state index contributed by atoms with van der Waals surface area (Å²) in [7, 11) is 1.80. The molecule has 146 valence electrons. The zero-order valence-corrected chi connectivity index (χ0v) is 18.5. The molecule has 2 bridgehead atoms. The van der Waals surface area contributed by atoms with E-state index in [0.717, 1.165) is 24.8 Å². The Kier molecular flexibility index (Phi) is 8.72. The molecule has 2 atom stereocenters. The summed E-state index contributed by atoms with van der Waals surface area (Å²) >= 11 is 5.89. The van der Waals surface area contributed by atoms with Crippen molar-refractivity contribution in [2.24, 2.45) is 4.99 Å². The van der Waals surface area contributed by atoms with Gasteiger partial charge in [-0.15, -0.1) is 24.0 Å². The zero-order valence-electron chi connectivity index (χ0n) is 15.4. The number of guanidine groups is 1. The summed E-state index contributed by atoms with van der Waals surface area (Å²) in [5.74, 6) is 1.64. The highest BCUT2D eigenvalue weighted by Crippen LogP contribution is 2.17. The number of halogens is 2. The number of hydrogen-bond donors (Lipinski definition) is 2. The van der Waals surface area contributed by atoms with Gasteiger partial charge in [0.15, 0.2) is 5.96 Å². The highest BCUT2D eigenvalue weighted by Gasteiger charge is 2.31. The molecule has 0 aromatic heterocycles. The van der Waals surface area contributed by atoms with Crippen LogP contribution in [0.15, 0.2) is 29.3 Å². The monoisotopic (exact) mass is 493 g/mol. The van der Waals surface area contributed by atoms with Gasteiger partial charge in [0.05, 0.1) is 6.54 Å². The van der Waals surface area contributed by atoms with E-state index < -0.39 is 0 Å². The number of hydrogen-bond acceptors (Lipinski definition) is 4. The van der Waals surface area contributed by atoms with Crippen molar-refractivity contribution in [3.63, 3.8) is 0 Å². The molecule has 6 nitrogen and oxygen atoms in total. The lowest BCUT2D eigenvalue weighted by Crippen LogP contribution is -2.64. The van der Waals surface area contributed by atoms with Gasteiger partial charge in [0.2, 0.25) is 0 Å². The van der Waals surface area contributed by atoms with Gasteiger partial charge in [0.1, 0.15) is 11.9 Å². The Balaban J connectivity index is 0.00000243. The Bertz CT molecular complexity index is 577. The molecule has 0 radical (unpaired) electrons. The van der Waals surface area contributed by atoms with E-state index in [9.17, 15) is 0 Å². The average molecular weight is 494 g/mol. The molecule has 1 aromatic carbocycles. The van der Waals surface area contributed by atoms with Crippen LogP contribution in [-0.4, -0.2) is 80.8 Å². The fourth-order valence-corrected chi connectivity index (χ4v) is 3.51. The summed E-state index contributed by atoms with van der Waals surface area (Å²) in [5.41, 5.74) is 0. The molecule has 26 heavy (non-hydrogen) atoms. The topological polar surface area (TPSA) is 52.1 Å². The van der Waals surface area contributed by atoms with Crippen molar-refractivity contribution in [2.45, 2.75) is 19.1 Å². The standard InChI is InChI=1S/C18H28ClN5O.HI/c1-14(25-17-5-3-15(19)4-6-17)11-21-18(20-2)22-12-16-13-23-7-9-24(16)10-8-23;/h3-6,14,16H,7-13H2,1-2H3,(H2,20,21,22);1H. The highest BCUT2D eigenvalue weighted by atomic mass is 127. The van der Waals surface area contributed by atoms with Crippen LogP contribution in [0.2, 0.25) is 5.02 Å². The second kappa shape index (κ2) is 10.5. The first-order valence-electron chi connectivity index (χ1n) is 8.97. The zero-order chi connectivity index (χ0) is 17.6. The van der Waals surface area contributed by atoms with Crippen LogP contribution in [0.5, 0.6) is 5.75 Å². The second-order valence-corrected chi connectivity index (χ2v) is 7.14. The number of benzene rings is 1. The molecular weight excluding hydrogens is 465 g/mol. The molecule has 3 fully saturated rings. The smallest absolute Gasteiger partial charge is 0.191 e. The SMILES string of the molecule is CN=C(NCC(C)Oc1ccc(Cl)cc1)NCC1CN2CCN1CC2.I. The van der Waals surface area contributed by atoms with E-state index in [4.69, 9.17) is 16.3 Å². The van der Waals surface area contributed by atoms with Crippen LogP contribution < -0.4 is 15.4 Å². The van der Waals surface area contributed by atoms with Crippen molar-refractivity contribution in [1.82, 2.24) is 20.4 Å². The molecule has 3 saturated heterocycles. The van der Waals surface area contributed by atoms with Crippen LogP contribution in [-0.2, 0) is 0 Å². The Hall–Kier alpha value is -0.770. The van der Waals surface area contributed by atoms with Crippen molar-refractivity contribution in [1.29, 1.82) is 0 Å². The van der Waals surface area contributed by atoms with Crippen LogP contribution >= 0.6 is 35.6 Å². The summed E-state index contributed by atoms with van der Waals surface area (Å²) in [6.45, 7) is 9.58. The summed E-state index contributed by atoms with van der Waals surface area (Å²) in [5, 5.41) is 7.50. The van der Waals surface area contributed by atoms with Gasteiger partial charge in [-0.3, -0.25) is 14.8 Å². The number of piperazine rings is 3. The number of aliphatic imine (C=N–C) groups is 1. The van der Waals surface area contributed by atoms with Gasteiger partial charge in [-0.25, -0.2) is 0 Å². The van der Waals surface area contributed by atoms with Gasteiger partial charge in [0, 0.05) is 57.4 Å². The van der Waals surface area contributed by atoms with Gasteiger partial charge in [-0.1, -0.05) is 11.6 Å². The second-order valence-electron chi connectivity index (χ2n) is 6.71. The number of nitrogens with one attached hydrogen (secondary N) is 2. The van der Waals surface area contributed by atoms with Gasteiger partial charge in [-0.2, -0.15) is 0 Å². The van der Waals surface area contributed by atoms with E-state index in [0.29, 0.717) is 17.6 Å². The quantitative estimate of drug-likeness (QED) is 0.360. The molecule has 0 spiro atoms. The van der Waals surface area contributed by atoms with E-state index in [1.165, 1.54) is 26.2 Å². The van der Waals surface area contributed by atoms with Crippen LogP contribution in [0.3, 0.4) is 0 Å². The number of fused-ring (bicyclic) bond motifs is 3. The Morgan fingerprint density at radius 3 is 2.50 bits per heavy atom. The molecule has 3 aliphatic heterocycles. The van der Waals surface area contributed by atoms with E-state index in [1.54, 1.807) is 7.05 Å². The third kappa shape index (κ3) is 6.14. The summed E-state index contributed by atoms with van der Waals surface area (Å²) in [6, 6.07) is 8.01. The molecular formula is C18H29ClIN5O. The third-order valence-electron chi connectivity index (χ3n) is 4.83. The predicted molar refractivity (Wildman–Crippen MR) is 118 cm³/mol. The van der Waals surface area contributed by atoms with Gasteiger partial charge >= 0.3 is 0 Å². The number of nitrogens with zero attached hydrogens (tertiary/aromatic N) is 3. The predicted octanol–water partition coefficient (Wildman–Crippen LogP) is 1.89. The first kappa shape index (κ1) is 21.5. The van der Waals surface area contributed by atoms with E-state index in [2.05, 4.69) is 25.4 Å². The minimum atomic E-state index is 0. The fraction of sp³-hybridized carbons (Fsp3) is 0.611. The Morgan fingerprint density at radius 2 is 1.92 bits per heavy atom. The lowest BCUT2D eigenvalue weighted by Gasteiger charge is -2.47. The lowest BCUT2D eigenvalue weighted by atomic mass is 10.1. The molecule has 2 N–H and O–H groups in total. The van der Waals surface area contributed by atoms with Gasteiger partial charge in [0.25, 0.3) is 0 Å². The molecule has 3 heterocycles. The first-order valence-corrected chi connectivity index (χ1v) is 9.35. The molecule has 0 amide bonds. The Labute approximate surface area is 178 Å². The number of ether oxygens (including phenoxy) is 1. The molecule has 0 aliphatic carbocycles. The van der Waals surface area contributed by atoms with Crippen molar-refractivity contribution in [2.75, 3.05) is 52.9 Å². The third-order valence-corrected chi connectivity index (χ3v) is 5.08. The maximum atomic E-state index is 5.89. The van der Waals surface area contributed by atoms with Crippen molar-refractivity contribution in [3.05, 3.63) is 29.3 Å². The van der Waals surface area contributed by atoms with Crippen LogP contribution in [0, 0.1) is 0 Å². The fourth-order valence-electron chi connectivity index (χ4n) is 3.38. The molecule has 2 unspecified atom stereocenters. The van der Waals surface area contributed by atoms with Crippen LogP contribution in [0.4, 0.5) is 0 Å². The minimum Gasteiger partial charge on any atom is -0.489 e. The minimum absolute atomic E-state index is 0. The molecule has 3 aliphatic rings. The average Bonchev–Trinajstić information content (AvgIpc) is 2.65. The van der Waals surface area contributed by atoms with Gasteiger partial charge in [-0.05, 0) is 31.2 Å². The van der Waals surface area contributed by atoms with Gasteiger partial charge < -0.3 is 15.4 Å². The van der Waals surface area contributed by atoms with E-state index in [1.807, 2.05) is 31.2 Å². The van der Waals surface area contributed by atoms with Crippen molar-refractivity contribution in [3.8, 4) is 5.75 Å². The molecule has 1 aromatic rings. The Morgan fingerprint density at radius 1 is 1.23 bits per heavy atom. The van der Waals surface area contributed by atoms with E-state index >= 15 is 0 Å². The maximum Gasteiger partial charge on any atom is 0.191 e. The molecule has 8 heteroatoms. The van der Waals surface area contributed by atoms with Crippen molar-refractivity contribution < 1.29 is 4.74 Å². The van der Waals surface area contributed by atoms with Crippen LogP contribution in [0.1, 0.15) is 6.92 Å². The first-order chi connectivity index (χ1) is 12.1. The summed E-state index contributed by atoms with van der Waals surface area (Å²) in [4.78, 5) is 9.44. The molecule has 4 rings (SSSR count). The summed E-state index contributed by atoms with van der Waals surface area (Å²) in [6.07, 6.45) is 0.0280. The lowest BCUT2D eigenvalue weighted by molar-refractivity contribution is 0.0154.